The molecule has 86 valence electrons. The Kier molecular flexibility index (Phi) is 3.10. The number of aromatic nitrogens is 1. The molecule has 0 spiro atoms. The predicted molar refractivity (Wildman–Crippen MR) is 64.3 cm³/mol. The molecule has 0 bridgehead atoms. The number of nitrogens with one attached hydrogen (secondary N) is 2. The molecule has 2 heterocycles. The molecular formula is C12H17N3O. The molecule has 0 fully saturated rings. The maximum absolute atomic E-state index is 11.6. The van der Waals surface area contributed by atoms with E-state index in [1.807, 2.05) is 23.7 Å². The predicted octanol–water partition coefficient (Wildman–Crippen LogP) is 0.761. The van der Waals surface area contributed by atoms with Gasteiger partial charge in [0.1, 0.15) is 5.69 Å². The molecule has 0 atom stereocenters. The van der Waals surface area contributed by atoms with Gasteiger partial charge in [-0.25, -0.2) is 0 Å². The molecule has 0 radical (unpaired) electrons. The van der Waals surface area contributed by atoms with Crippen LogP contribution in [0.3, 0.4) is 0 Å². The van der Waals surface area contributed by atoms with Crippen molar-refractivity contribution in [3.8, 4) is 0 Å². The van der Waals surface area contributed by atoms with Crippen LogP contribution in [0, 0.1) is 0 Å². The summed E-state index contributed by atoms with van der Waals surface area (Å²) >= 11 is 0. The van der Waals surface area contributed by atoms with E-state index >= 15 is 0 Å². The third kappa shape index (κ3) is 1.88. The van der Waals surface area contributed by atoms with Crippen molar-refractivity contribution in [1.29, 1.82) is 0 Å². The molecule has 0 aliphatic carbocycles. The van der Waals surface area contributed by atoms with Crippen molar-refractivity contribution in [2.45, 2.75) is 6.42 Å². The number of rotatable bonds is 2. The molecule has 4 nitrogen and oxygen atoms in total. The molecule has 2 rings (SSSR count). The largest absolute Gasteiger partial charge is 0.354 e. The van der Waals surface area contributed by atoms with Gasteiger partial charge in [-0.15, -0.1) is 0 Å². The number of carbonyl (C=O) groups is 1. The summed E-state index contributed by atoms with van der Waals surface area (Å²) in [5.41, 5.74) is 3.16. The van der Waals surface area contributed by atoms with Crippen LogP contribution < -0.4 is 10.6 Å². The normalized spacial score (nSPS) is 15.8. The summed E-state index contributed by atoms with van der Waals surface area (Å²) < 4.78 is 1.95. The van der Waals surface area contributed by atoms with Gasteiger partial charge in [-0.3, -0.25) is 4.79 Å². The molecule has 1 aliphatic rings. The lowest BCUT2D eigenvalue weighted by Crippen LogP contribution is -2.23. The van der Waals surface area contributed by atoms with E-state index in [0.29, 0.717) is 5.69 Å². The van der Waals surface area contributed by atoms with Gasteiger partial charge in [0, 0.05) is 26.3 Å². The highest BCUT2D eigenvalue weighted by Gasteiger charge is 2.14. The standard InChI is InChI=1S/C12H17N3O/c1-13-12(16)11-4-3-10(15(11)2)9-5-7-14-8-6-9/h3-5,14H,6-8H2,1-2H3,(H,13,16). The maximum Gasteiger partial charge on any atom is 0.267 e. The lowest BCUT2D eigenvalue weighted by Gasteiger charge is -2.15. The fourth-order valence-electron chi connectivity index (χ4n) is 2.04. The molecule has 4 heteroatoms. The van der Waals surface area contributed by atoms with Crippen LogP contribution in [0.2, 0.25) is 0 Å². The van der Waals surface area contributed by atoms with E-state index in [4.69, 9.17) is 0 Å². The van der Waals surface area contributed by atoms with Crippen molar-refractivity contribution in [2.24, 2.45) is 7.05 Å². The van der Waals surface area contributed by atoms with Gasteiger partial charge in [-0.2, -0.15) is 0 Å². The SMILES string of the molecule is CNC(=O)c1ccc(C2=CCNCC2)n1C. The molecule has 1 aromatic heterocycles. The third-order valence-electron chi connectivity index (χ3n) is 2.97. The van der Waals surface area contributed by atoms with E-state index in [2.05, 4.69) is 16.7 Å². The van der Waals surface area contributed by atoms with E-state index in [9.17, 15) is 4.79 Å². The number of nitrogens with zero attached hydrogens (tertiary/aromatic N) is 1. The van der Waals surface area contributed by atoms with E-state index in [1.165, 1.54) is 5.57 Å². The Labute approximate surface area is 95.3 Å². The fourth-order valence-corrected chi connectivity index (χ4v) is 2.04. The average Bonchev–Trinajstić information content (AvgIpc) is 2.71. The van der Waals surface area contributed by atoms with Crippen molar-refractivity contribution in [1.82, 2.24) is 15.2 Å². The molecule has 0 unspecified atom stereocenters. The Balaban J connectivity index is 2.32. The van der Waals surface area contributed by atoms with Gasteiger partial charge >= 0.3 is 0 Å². The smallest absolute Gasteiger partial charge is 0.267 e. The summed E-state index contributed by atoms with van der Waals surface area (Å²) in [7, 11) is 3.58. The highest BCUT2D eigenvalue weighted by Crippen LogP contribution is 2.21. The highest BCUT2D eigenvalue weighted by molar-refractivity contribution is 5.93. The zero-order valence-corrected chi connectivity index (χ0v) is 9.71. The summed E-state index contributed by atoms with van der Waals surface area (Å²) in [4.78, 5) is 11.6. The zero-order chi connectivity index (χ0) is 11.5. The van der Waals surface area contributed by atoms with Crippen molar-refractivity contribution >= 4 is 11.5 Å². The maximum atomic E-state index is 11.6. The van der Waals surface area contributed by atoms with E-state index in [0.717, 1.165) is 25.2 Å². The average molecular weight is 219 g/mol. The van der Waals surface area contributed by atoms with Crippen molar-refractivity contribution in [3.63, 3.8) is 0 Å². The molecular weight excluding hydrogens is 202 g/mol. The van der Waals surface area contributed by atoms with Crippen LogP contribution in [-0.4, -0.2) is 30.6 Å². The Morgan fingerprint density at radius 1 is 1.50 bits per heavy atom. The Morgan fingerprint density at radius 2 is 2.31 bits per heavy atom. The first kappa shape index (κ1) is 11.0. The minimum atomic E-state index is -0.0386. The molecule has 16 heavy (non-hydrogen) atoms. The first-order valence-corrected chi connectivity index (χ1v) is 5.52. The highest BCUT2D eigenvalue weighted by atomic mass is 16.1. The fraction of sp³-hybridized carbons (Fsp3) is 0.417. The summed E-state index contributed by atoms with van der Waals surface area (Å²) in [6.45, 7) is 1.92. The number of carbonyl (C=O) groups excluding carboxylic acids is 1. The molecule has 1 aromatic rings. The van der Waals surface area contributed by atoms with Gasteiger partial charge in [0.05, 0.1) is 0 Å². The molecule has 1 amide bonds. The molecule has 1 aliphatic heterocycles. The monoisotopic (exact) mass is 219 g/mol. The first-order valence-electron chi connectivity index (χ1n) is 5.52. The van der Waals surface area contributed by atoms with Crippen LogP contribution in [-0.2, 0) is 7.05 Å². The summed E-state index contributed by atoms with van der Waals surface area (Å²) in [6, 6.07) is 3.89. The van der Waals surface area contributed by atoms with Crippen LogP contribution in [0.4, 0.5) is 0 Å². The first-order chi connectivity index (χ1) is 7.74. The van der Waals surface area contributed by atoms with Gasteiger partial charge in [-0.05, 0) is 30.7 Å². The molecule has 2 N–H and O–H groups in total. The van der Waals surface area contributed by atoms with Crippen molar-refractivity contribution in [2.75, 3.05) is 20.1 Å². The second-order valence-electron chi connectivity index (χ2n) is 3.93. The second kappa shape index (κ2) is 4.53. The molecule has 0 saturated heterocycles. The van der Waals surface area contributed by atoms with Gasteiger partial charge in [0.25, 0.3) is 5.91 Å². The zero-order valence-electron chi connectivity index (χ0n) is 9.71. The number of hydrogen-bond acceptors (Lipinski definition) is 2. The number of amides is 1. The van der Waals surface area contributed by atoms with Gasteiger partial charge in [0.2, 0.25) is 0 Å². The minimum Gasteiger partial charge on any atom is -0.354 e. The summed E-state index contributed by atoms with van der Waals surface area (Å²) in [5, 5.41) is 5.93. The van der Waals surface area contributed by atoms with Crippen LogP contribution in [0.25, 0.3) is 5.57 Å². The topological polar surface area (TPSA) is 46.1 Å². The van der Waals surface area contributed by atoms with Crippen LogP contribution in [0.5, 0.6) is 0 Å². The van der Waals surface area contributed by atoms with E-state index in [-0.39, 0.29) is 5.91 Å². The van der Waals surface area contributed by atoms with E-state index < -0.39 is 0 Å². The van der Waals surface area contributed by atoms with E-state index in [1.54, 1.807) is 7.05 Å². The van der Waals surface area contributed by atoms with Gasteiger partial charge in [0.15, 0.2) is 0 Å². The Hall–Kier alpha value is -1.55. The summed E-state index contributed by atoms with van der Waals surface area (Å²) in [5.74, 6) is -0.0386. The van der Waals surface area contributed by atoms with Gasteiger partial charge in [-0.1, -0.05) is 6.08 Å². The summed E-state index contributed by atoms with van der Waals surface area (Å²) in [6.07, 6.45) is 3.21. The van der Waals surface area contributed by atoms with Crippen LogP contribution >= 0.6 is 0 Å². The quantitative estimate of drug-likeness (QED) is 0.771. The van der Waals surface area contributed by atoms with Crippen LogP contribution in [0.1, 0.15) is 22.6 Å². The lowest BCUT2D eigenvalue weighted by atomic mass is 10.1. The Morgan fingerprint density at radius 3 is 2.94 bits per heavy atom. The minimum absolute atomic E-state index is 0.0386. The third-order valence-corrected chi connectivity index (χ3v) is 2.97. The number of hydrogen-bond donors (Lipinski definition) is 2. The molecule has 0 saturated carbocycles. The van der Waals surface area contributed by atoms with Crippen molar-refractivity contribution < 1.29 is 4.79 Å². The Bertz CT molecular complexity index is 431. The lowest BCUT2D eigenvalue weighted by molar-refractivity contribution is 0.0955. The van der Waals surface area contributed by atoms with Gasteiger partial charge < -0.3 is 15.2 Å². The second-order valence-corrected chi connectivity index (χ2v) is 3.93. The molecule has 0 aromatic carbocycles. The van der Waals surface area contributed by atoms with Crippen LogP contribution in [0.15, 0.2) is 18.2 Å². The van der Waals surface area contributed by atoms with Crippen molar-refractivity contribution in [3.05, 3.63) is 29.6 Å².